The molecule has 3 N–H and O–H groups in total. The number of amides is 1. The first kappa shape index (κ1) is 13.8. The summed E-state index contributed by atoms with van der Waals surface area (Å²) in [6, 6.07) is 8.46. The SMILES string of the molecule is NC(C(=O)Nc1ccc(I)cc1Cl)c1cccs1. The molecule has 0 aliphatic heterocycles. The lowest BCUT2D eigenvalue weighted by molar-refractivity contribution is -0.117. The third-order valence-corrected chi connectivity index (χ3v) is 4.26. The molecule has 1 atom stereocenters. The first-order chi connectivity index (χ1) is 8.58. The highest BCUT2D eigenvalue weighted by molar-refractivity contribution is 14.1. The maximum Gasteiger partial charge on any atom is 0.246 e. The summed E-state index contributed by atoms with van der Waals surface area (Å²) in [7, 11) is 0. The molecule has 2 aromatic rings. The average molecular weight is 393 g/mol. The number of halogens is 2. The zero-order valence-electron chi connectivity index (χ0n) is 9.19. The summed E-state index contributed by atoms with van der Waals surface area (Å²) in [5.74, 6) is -0.263. The largest absolute Gasteiger partial charge is 0.323 e. The number of nitrogens with one attached hydrogen (secondary N) is 1. The molecule has 1 heterocycles. The number of carbonyl (C=O) groups excluding carboxylic acids is 1. The van der Waals surface area contributed by atoms with Crippen LogP contribution in [-0.4, -0.2) is 5.91 Å². The fourth-order valence-electron chi connectivity index (χ4n) is 1.40. The molecule has 1 unspecified atom stereocenters. The van der Waals surface area contributed by atoms with E-state index in [0.717, 1.165) is 8.45 Å². The summed E-state index contributed by atoms with van der Waals surface area (Å²) in [4.78, 5) is 12.8. The first-order valence-electron chi connectivity index (χ1n) is 5.13. The van der Waals surface area contributed by atoms with E-state index in [-0.39, 0.29) is 5.91 Å². The number of nitrogens with two attached hydrogens (primary N) is 1. The van der Waals surface area contributed by atoms with Crippen LogP contribution in [0.1, 0.15) is 10.9 Å². The minimum Gasteiger partial charge on any atom is -0.323 e. The quantitative estimate of drug-likeness (QED) is 0.784. The summed E-state index contributed by atoms with van der Waals surface area (Å²) >= 11 is 9.66. The van der Waals surface area contributed by atoms with Crippen molar-refractivity contribution in [1.29, 1.82) is 0 Å². The third-order valence-electron chi connectivity index (χ3n) is 2.32. The van der Waals surface area contributed by atoms with Crippen molar-refractivity contribution < 1.29 is 4.79 Å². The number of thiophene rings is 1. The van der Waals surface area contributed by atoms with Crippen molar-refractivity contribution in [3.8, 4) is 0 Å². The van der Waals surface area contributed by atoms with E-state index >= 15 is 0 Å². The van der Waals surface area contributed by atoms with Crippen LogP contribution in [0.5, 0.6) is 0 Å². The number of carbonyl (C=O) groups is 1. The zero-order valence-corrected chi connectivity index (χ0v) is 12.9. The monoisotopic (exact) mass is 392 g/mol. The van der Waals surface area contributed by atoms with Gasteiger partial charge in [0.25, 0.3) is 0 Å². The zero-order chi connectivity index (χ0) is 13.1. The summed E-state index contributed by atoms with van der Waals surface area (Å²) in [5.41, 5.74) is 6.44. The highest BCUT2D eigenvalue weighted by atomic mass is 127. The molecule has 94 valence electrons. The van der Waals surface area contributed by atoms with Gasteiger partial charge in [0.2, 0.25) is 5.91 Å². The fourth-order valence-corrected chi connectivity index (χ4v) is 3.03. The lowest BCUT2D eigenvalue weighted by Gasteiger charge is -2.12. The predicted octanol–water partition coefficient (Wildman–Crippen LogP) is 3.64. The van der Waals surface area contributed by atoms with Gasteiger partial charge in [0.15, 0.2) is 0 Å². The van der Waals surface area contributed by atoms with Gasteiger partial charge in [-0.05, 0) is 52.2 Å². The summed E-state index contributed by atoms with van der Waals surface area (Å²) in [6.45, 7) is 0. The molecule has 1 aromatic carbocycles. The Bertz CT molecular complexity index is 559. The number of anilines is 1. The van der Waals surface area contributed by atoms with E-state index in [1.54, 1.807) is 12.1 Å². The molecule has 0 aliphatic carbocycles. The van der Waals surface area contributed by atoms with E-state index in [2.05, 4.69) is 27.9 Å². The maximum atomic E-state index is 12.0. The van der Waals surface area contributed by atoms with Crippen LogP contribution in [0.25, 0.3) is 0 Å². The van der Waals surface area contributed by atoms with Crippen LogP contribution in [0, 0.1) is 3.57 Å². The maximum absolute atomic E-state index is 12.0. The molecule has 3 nitrogen and oxygen atoms in total. The summed E-state index contributed by atoms with van der Waals surface area (Å²) < 4.78 is 1.01. The number of hydrogen-bond donors (Lipinski definition) is 2. The minimum absolute atomic E-state index is 0.263. The van der Waals surface area contributed by atoms with Gasteiger partial charge in [0, 0.05) is 8.45 Å². The molecule has 18 heavy (non-hydrogen) atoms. The summed E-state index contributed by atoms with van der Waals surface area (Å²) in [6.07, 6.45) is 0. The van der Waals surface area contributed by atoms with E-state index in [0.29, 0.717) is 10.7 Å². The van der Waals surface area contributed by atoms with Crippen molar-refractivity contribution >= 4 is 57.1 Å². The Hall–Kier alpha value is -0.630. The Kier molecular flexibility index (Phi) is 4.60. The number of rotatable bonds is 3. The van der Waals surface area contributed by atoms with Crippen molar-refractivity contribution in [1.82, 2.24) is 0 Å². The Morgan fingerprint density at radius 2 is 2.22 bits per heavy atom. The van der Waals surface area contributed by atoms with E-state index in [4.69, 9.17) is 17.3 Å². The second-order valence-corrected chi connectivity index (χ2v) is 6.24. The standard InChI is InChI=1S/C12H10ClIN2OS/c13-8-6-7(14)3-4-9(8)16-12(17)11(15)10-2-1-5-18-10/h1-6,11H,15H2,(H,16,17). The Balaban J connectivity index is 2.12. The van der Waals surface area contributed by atoms with Crippen LogP contribution in [-0.2, 0) is 4.79 Å². The average Bonchev–Trinajstić information content (AvgIpc) is 2.85. The lowest BCUT2D eigenvalue weighted by Crippen LogP contribution is -2.27. The molecule has 1 aromatic heterocycles. The highest BCUT2D eigenvalue weighted by Gasteiger charge is 2.17. The Morgan fingerprint density at radius 3 is 2.83 bits per heavy atom. The van der Waals surface area contributed by atoms with Crippen LogP contribution in [0.3, 0.4) is 0 Å². The highest BCUT2D eigenvalue weighted by Crippen LogP contribution is 2.25. The van der Waals surface area contributed by atoms with Crippen molar-refractivity contribution in [3.05, 3.63) is 49.2 Å². The van der Waals surface area contributed by atoms with E-state index in [9.17, 15) is 4.79 Å². The van der Waals surface area contributed by atoms with Crippen molar-refractivity contribution in [2.24, 2.45) is 5.73 Å². The molecule has 6 heteroatoms. The van der Waals surface area contributed by atoms with Gasteiger partial charge in [-0.25, -0.2) is 0 Å². The van der Waals surface area contributed by atoms with Crippen LogP contribution in [0.4, 0.5) is 5.69 Å². The van der Waals surface area contributed by atoms with E-state index in [1.165, 1.54) is 11.3 Å². The molecular formula is C12H10ClIN2OS. The number of benzene rings is 1. The van der Waals surface area contributed by atoms with Crippen LogP contribution in [0.15, 0.2) is 35.7 Å². The van der Waals surface area contributed by atoms with Crippen LogP contribution in [0.2, 0.25) is 5.02 Å². The minimum atomic E-state index is -0.666. The molecule has 0 spiro atoms. The van der Waals surface area contributed by atoms with Crippen molar-refractivity contribution in [2.75, 3.05) is 5.32 Å². The van der Waals surface area contributed by atoms with Gasteiger partial charge in [-0.1, -0.05) is 17.7 Å². The number of hydrogen-bond acceptors (Lipinski definition) is 3. The second kappa shape index (κ2) is 6.01. The normalized spacial score (nSPS) is 12.2. The summed E-state index contributed by atoms with van der Waals surface area (Å²) in [5, 5.41) is 5.13. The van der Waals surface area contributed by atoms with Gasteiger partial charge in [-0.3, -0.25) is 4.79 Å². The van der Waals surface area contributed by atoms with Gasteiger partial charge in [-0.15, -0.1) is 11.3 Å². The van der Waals surface area contributed by atoms with E-state index in [1.807, 2.05) is 23.6 Å². The van der Waals surface area contributed by atoms with Crippen molar-refractivity contribution in [2.45, 2.75) is 6.04 Å². The molecule has 0 bridgehead atoms. The first-order valence-corrected chi connectivity index (χ1v) is 7.46. The molecular weight excluding hydrogens is 383 g/mol. The smallest absolute Gasteiger partial charge is 0.246 e. The predicted molar refractivity (Wildman–Crippen MR) is 84.0 cm³/mol. The van der Waals surface area contributed by atoms with Crippen molar-refractivity contribution in [3.63, 3.8) is 0 Å². The van der Waals surface area contributed by atoms with Gasteiger partial charge < -0.3 is 11.1 Å². The topological polar surface area (TPSA) is 55.1 Å². The molecule has 0 fully saturated rings. The van der Waals surface area contributed by atoms with E-state index < -0.39 is 6.04 Å². The van der Waals surface area contributed by atoms with Crippen LogP contribution < -0.4 is 11.1 Å². The van der Waals surface area contributed by atoms with Gasteiger partial charge in [0.05, 0.1) is 10.7 Å². The molecule has 0 saturated heterocycles. The Morgan fingerprint density at radius 1 is 1.44 bits per heavy atom. The second-order valence-electron chi connectivity index (χ2n) is 3.61. The molecule has 2 rings (SSSR count). The van der Waals surface area contributed by atoms with Gasteiger partial charge in [-0.2, -0.15) is 0 Å². The lowest BCUT2D eigenvalue weighted by atomic mass is 10.2. The molecule has 1 amide bonds. The van der Waals surface area contributed by atoms with Gasteiger partial charge >= 0.3 is 0 Å². The molecule has 0 saturated carbocycles. The third kappa shape index (κ3) is 3.23. The van der Waals surface area contributed by atoms with Gasteiger partial charge in [0.1, 0.15) is 6.04 Å². The fraction of sp³-hybridized carbons (Fsp3) is 0.0833. The van der Waals surface area contributed by atoms with Crippen LogP contribution >= 0.6 is 45.5 Å². The Labute approximate surface area is 127 Å². The molecule has 0 radical (unpaired) electrons. The molecule has 0 aliphatic rings.